The largest absolute Gasteiger partial charge is 0.326 e. The first kappa shape index (κ1) is 9.62. The van der Waals surface area contributed by atoms with E-state index in [9.17, 15) is 4.39 Å². The maximum Gasteiger partial charge on any atom is 0.123 e. The van der Waals surface area contributed by atoms with Crippen LogP contribution in [-0.4, -0.2) is 31.1 Å². The highest BCUT2D eigenvalue weighted by molar-refractivity contribution is 5.24. The molecule has 0 bridgehead atoms. The van der Waals surface area contributed by atoms with Gasteiger partial charge in [0, 0.05) is 25.0 Å². The maximum atomic E-state index is 13.0. The van der Waals surface area contributed by atoms with Crippen LogP contribution in [0.3, 0.4) is 0 Å². The second-order valence-corrected chi connectivity index (χ2v) is 4.05. The van der Waals surface area contributed by atoms with Gasteiger partial charge in [-0.1, -0.05) is 12.1 Å². The average Bonchev–Trinajstić information content (AvgIpc) is 2.45. The topological polar surface area (TPSA) is 29.3 Å². The van der Waals surface area contributed by atoms with E-state index >= 15 is 0 Å². The Kier molecular flexibility index (Phi) is 2.52. The van der Waals surface area contributed by atoms with Gasteiger partial charge in [0.15, 0.2) is 0 Å². The van der Waals surface area contributed by atoms with Gasteiger partial charge in [0.1, 0.15) is 5.82 Å². The van der Waals surface area contributed by atoms with Gasteiger partial charge in [-0.3, -0.25) is 0 Å². The van der Waals surface area contributed by atoms with E-state index in [0.29, 0.717) is 0 Å². The van der Waals surface area contributed by atoms with Gasteiger partial charge in [-0.05, 0) is 24.7 Å². The Labute approximate surface area is 83.5 Å². The van der Waals surface area contributed by atoms with Crippen molar-refractivity contribution in [3.05, 3.63) is 35.6 Å². The van der Waals surface area contributed by atoms with Gasteiger partial charge in [0.2, 0.25) is 0 Å². The molecule has 76 valence electrons. The number of nitrogens with two attached hydrogens (primary N) is 1. The Bertz CT molecular complexity index is 327. The molecule has 0 saturated carbocycles. The van der Waals surface area contributed by atoms with Crippen LogP contribution in [-0.2, 0) is 0 Å². The Balaban J connectivity index is 2.23. The van der Waals surface area contributed by atoms with Crippen LogP contribution in [0.15, 0.2) is 24.3 Å². The van der Waals surface area contributed by atoms with Gasteiger partial charge in [0.05, 0.1) is 0 Å². The molecule has 2 atom stereocenters. The Morgan fingerprint density at radius 2 is 2.21 bits per heavy atom. The molecule has 1 aromatic carbocycles. The van der Waals surface area contributed by atoms with Crippen molar-refractivity contribution in [3.63, 3.8) is 0 Å². The molecule has 2 nitrogen and oxygen atoms in total. The molecule has 0 amide bonds. The molecule has 0 radical (unpaired) electrons. The monoisotopic (exact) mass is 194 g/mol. The number of benzene rings is 1. The first-order chi connectivity index (χ1) is 6.66. The number of hydrogen-bond donors (Lipinski definition) is 1. The molecule has 1 aliphatic rings. The Hall–Kier alpha value is -0.930. The second kappa shape index (κ2) is 3.67. The SMILES string of the molecule is CN1C[C@@H](N)[C@H](c2cccc(F)c2)C1. The van der Waals surface area contributed by atoms with E-state index in [1.54, 1.807) is 12.1 Å². The Morgan fingerprint density at radius 3 is 2.79 bits per heavy atom. The average molecular weight is 194 g/mol. The van der Waals surface area contributed by atoms with Crippen LogP contribution in [0.1, 0.15) is 11.5 Å². The molecule has 0 aliphatic carbocycles. The van der Waals surface area contributed by atoms with Gasteiger partial charge >= 0.3 is 0 Å². The summed E-state index contributed by atoms with van der Waals surface area (Å²) < 4.78 is 13.0. The highest BCUT2D eigenvalue weighted by atomic mass is 19.1. The lowest BCUT2D eigenvalue weighted by molar-refractivity contribution is 0.407. The number of rotatable bonds is 1. The third-order valence-corrected chi connectivity index (χ3v) is 2.82. The molecule has 1 fully saturated rings. The number of likely N-dealkylation sites (tertiary alicyclic amines) is 1. The van der Waals surface area contributed by atoms with Crippen molar-refractivity contribution in [2.75, 3.05) is 20.1 Å². The van der Waals surface area contributed by atoms with Crippen molar-refractivity contribution >= 4 is 0 Å². The summed E-state index contributed by atoms with van der Waals surface area (Å²) in [5.41, 5.74) is 7.00. The minimum absolute atomic E-state index is 0.127. The number of likely N-dealkylation sites (N-methyl/N-ethyl adjacent to an activating group) is 1. The van der Waals surface area contributed by atoms with Crippen LogP contribution < -0.4 is 5.73 Å². The standard InChI is InChI=1S/C11H15FN2/c1-14-6-10(11(13)7-14)8-3-2-4-9(12)5-8/h2-5,10-11H,6-7,13H2,1H3/t10-,11+/m0/s1. The molecule has 14 heavy (non-hydrogen) atoms. The molecule has 1 aliphatic heterocycles. The van der Waals surface area contributed by atoms with Gasteiger partial charge in [0.25, 0.3) is 0 Å². The van der Waals surface area contributed by atoms with E-state index in [0.717, 1.165) is 18.7 Å². The normalized spacial score (nSPS) is 28.2. The van der Waals surface area contributed by atoms with Crippen LogP contribution in [0, 0.1) is 5.82 Å². The fourth-order valence-electron chi connectivity index (χ4n) is 2.12. The first-order valence-electron chi connectivity index (χ1n) is 4.86. The summed E-state index contributed by atoms with van der Waals surface area (Å²) in [4.78, 5) is 2.18. The van der Waals surface area contributed by atoms with E-state index in [1.165, 1.54) is 6.07 Å². The Morgan fingerprint density at radius 1 is 1.43 bits per heavy atom. The summed E-state index contributed by atoms with van der Waals surface area (Å²) in [7, 11) is 2.04. The van der Waals surface area contributed by atoms with Crippen LogP contribution in [0.5, 0.6) is 0 Å². The smallest absolute Gasteiger partial charge is 0.123 e. The molecule has 3 heteroatoms. The highest BCUT2D eigenvalue weighted by Crippen LogP contribution is 2.25. The number of halogens is 1. The lowest BCUT2D eigenvalue weighted by Gasteiger charge is -2.14. The molecule has 1 saturated heterocycles. The van der Waals surface area contributed by atoms with E-state index in [4.69, 9.17) is 5.73 Å². The lowest BCUT2D eigenvalue weighted by Crippen LogP contribution is -2.27. The minimum atomic E-state index is -0.177. The van der Waals surface area contributed by atoms with Crippen LogP contribution in [0.2, 0.25) is 0 Å². The van der Waals surface area contributed by atoms with Crippen LogP contribution in [0.4, 0.5) is 4.39 Å². The quantitative estimate of drug-likeness (QED) is 0.727. The second-order valence-electron chi connectivity index (χ2n) is 4.05. The zero-order valence-electron chi connectivity index (χ0n) is 8.28. The van der Waals surface area contributed by atoms with E-state index < -0.39 is 0 Å². The summed E-state index contributed by atoms with van der Waals surface area (Å²) in [5.74, 6) is 0.0972. The molecule has 2 rings (SSSR count). The van der Waals surface area contributed by atoms with Crippen molar-refractivity contribution in [1.29, 1.82) is 0 Å². The number of hydrogen-bond acceptors (Lipinski definition) is 2. The van der Waals surface area contributed by atoms with Gasteiger partial charge in [-0.2, -0.15) is 0 Å². The molecule has 1 heterocycles. The first-order valence-corrected chi connectivity index (χ1v) is 4.86. The predicted octanol–water partition coefficient (Wildman–Crippen LogP) is 1.18. The third kappa shape index (κ3) is 1.79. The molecule has 0 unspecified atom stereocenters. The van der Waals surface area contributed by atoms with E-state index in [2.05, 4.69) is 4.90 Å². The molecular formula is C11H15FN2. The van der Waals surface area contributed by atoms with Crippen molar-refractivity contribution in [3.8, 4) is 0 Å². The fraction of sp³-hybridized carbons (Fsp3) is 0.455. The van der Waals surface area contributed by atoms with E-state index in [1.807, 2.05) is 13.1 Å². The zero-order valence-corrected chi connectivity index (χ0v) is 8.28. The summed E-state index contributed by atoms with van der Waals surface area (Å²) in [6.07, 6.45) is 0. The molecule has 2 N–H and O–H groups in total. The summed E-state index contributed by atoms with van der Waals surface area (Å²) in [6, 6.07) is 6.88. The lowest BCUT2D eigenvalue weighted by atomic mass is 9.95. The summed E-state index contributed by atoms with van der Waals surface area (Å²) >= 11 is 0. The van der Waals surface area contributed by atoms with Gasteiger partial charge in [-0.15, -0.1) is 0 Å². The van der Waals surface area contributed by atoms with Gasteiger partial charge in [-0.25, -0.2) is 4.39 Å². The van der Waals surface area contributed by atoms with Crippen molar-refractivity contribution in [2.24, 2.45) is 5.73 Å². The molecule has 0 spiro atoms. The van der Waals surface area contributed by atoms with Crippen molar-refractivity contribution in [1.82, 2.24) is 4.90 Å². The van der Waals surface area contributed by atoms with E-state index in [-0.39, 0.29) is 17.8 Å². The molecular weight excluding hydrogens is 179 g/mol. The zero-order chi connectivity index (χ0) is 10.1. The third-order valence-electron chi connectivity index (χ3n) is 2.82. The fourth-order valence-corrected chi connectivity index (χ4v) is 2.12. The molecule has 0 aromatic heterocycles. The predicted molar refractivity (Wildman–Crippen MR) is 54.6 cm³/mol. The van der Waals surface area contributed by atoms with Crippen LogP contribution in [0.25, 0.3) is 0 Å². The summed E-state index contributed by atoms with van der Waals surface area (Å²) in [6.45, 7) is 1.81. The van der Waals surface area contributed by atoms with Gasteiger partial charge < -0.3 is 10.6 Å². The summed E-state index contributed by atoms with van der Waals surface area (Å²) in [5, 5.41) is 0. The molecule has 1 aromatic rings. The number of nitrogens with zero attached hydrogens (tertiary/aromatic N) is 1. The highest BCUT2D eigenvalue weighted by Gasteiger charge is 2.28. The maximum absolute atomic E-state index is 13.0. The minimum Gasteiger partial charge on any atom is -0.326 e. The van der Waals surface area contributed by atoms with Crippen molar-refractivity contribution < 1.29 is 4.39 Å². The van der Waals surface area contributed by atoms with Crippen molar-refractivity contribution in [2.45, 2.75) is 12.0 Å². The van der Waals surface area contributed by atoms with Crippen LogP contribution >= 0.6 is 0 Å².